The molecule has 21 heavy (non-hydrogen) atoms. The molecule has 0 bridgehead atoms. The summed E-state index contributed by atoms with van der Waals surface area (Å²) >= 11 is 0. The molecule has 0 atom stereocenters. The first-order chi connectivity index (χ1) is 9.37. The van der Waals surface area contributed by atoms with Gasteiger partial charge in [0, 0.05) is 6.26 Å². The molecule has 0 spiro atoms. The lowest BCUT2D eigenvalue weighted by molar-refractivity contribution is 0.0126. The lowest BCUT2D eigenvalue weighted by Crippen LogP contribution is -2.30. The summed E-state index contributed by atoms with van der Waals surface area (Å²) in [5, 5.41) is 0. The molecule has 0 aromatic rings. The molecular weight excluding hydrogens is 284 g/mol. The molecule has 0 aromatic heterocycles. The Morgan fingerprint density at radius 1 is 1.29 bits per heavy atom. The minimum atomic E-state index is -3.28. The Labute approximate surface area is 129 Å². The fourth-order valence-electron chi connectivity index (χ4n) is 2.31. The van der Waals surface area contributed by atoms with Gasteiger partial charge in [-0.25, -0.2) is 8.42 Å². The standard InChI is InChI=1S/C17H28O3S/c1-11(2)12(3)16-15(9-10-17(6,7)20-16)13(4)14(5)21(8,18)19/h11H,5,9-10H2,1-4,6-8H3/b15-13-,16-12+. The van der Waals surface area contributed by atoms with Crippen LogP contribution < -0.4 is 0 Å². The summed E-state index contributed by atoms with van der Waals surface area (Å²) in [7, 11) is -3.28. The highest BCUT2D eigenvalue weighted by Gasteiger charge is 2.32. The van der Waals surface area contributed by atoms with Crippen LogP contribution in [0.1, 0.15) is 54.4 Å². The van der Waals surface area contributed by atoms with Crippen molar-refractivity contribution in [3.63, 3.8) is 0 Å². The van der Waals surface area contributed by atoms with Crippen LogP contribution in [0.2, 0.25) is 0 Å². The van der Waals surface area contributed by atoms with Gasteiger partial charge in [-0.15, -0.1) is 0 Å². The molecule has 1 aliphatic heterocycles. The number of hydrogen-bond donors (Lipinski definition) is 0. The Morgan fingerprint density at radius 3 is 2.24 bits per heavy atom. The lowest BCUT2D eigenvalue weighted by Gasteiger charge is -2.37. The third kappa shape index (κ3) is 4.22. The van der Waals surface area contributed by atoms with Crippen LogP contribution in [-0.4, -0.2) is 20.3 Å². The van der Waals surface area contributed by atoms with Gasteiger partial charge in [-0.3, -0.25) is 0 Å². The first-order valence-corrected chi connectivity index (χ1v) is 9.25. The Bertz CT molecular complexity index is 602. The monoisotopic (exact) mass is 312 g/mol. The van der Waals surface area contributed by atoms with E-state index in [9.17, 15) is 8.42 Å². The van der Waals surface area contributed by atoms with Crippen LogP contribution in [0.3, 0.4) is 0 Å². The molecule has 0 unspecified atom stereocenters. The van der Waals surface area contributed by atoms with Gasteiger partial charge >= 0.3 is 0 Å². The van der Waals surface area contributed by atoms with Gasteiger partial charge in [0.2, 0.25) is 0 Å². The first kappa shape index (κ1) is 18.0. The van der Waals surface area contributed by atoms with E-state index in [4.69, 9.17) is 4.74 Å². The van der Waals surface area contributed by atoms with Crippen molar-refractivity contribution in [2.24, 2.45) is 5.92 Å². The molecule has 1 aliphatic rings. The summed E-state index contributed by atoms with van der Waals surface area (Å²) in [6.07, 6.45) is 2.88. The van der Waals surface area contributed by atoms with Crippen molar-refractivity contribution < 1.29 is 13.2 Å². The van der Waals surface area contributed by atoms with Crippen LogP contribution in [0.4, 0.5) is 0 Å². The second-order valence-corrected chi connectivity index (χ2v) is 8.86. The van der Waals surface area contributed by atoms with E-state index in [1.54, 1.807) is 0 Å². The molecule has 0 radical (unpaired) electrons. The summed E-state index contributed by atoms with van der Waals surface area (Å²) in [6.45, 7) is 16.0. The van der Waals surface area contributed by atoms with E-state index < -0.39 is 9.84 Å². The smallest absolute Gasteiger partial charge is 0.175 e. The van der Waals surface area contributed by atoms with Crippen LogP contribution >= 0.6 is 0 Å². The van der Waals surface area contributed by atoms with Crippen molar-refractivity contribution in [2.45, 2.75) is 60.0 Å². The zero-order chi connectivity index (χ0) is 16.6. The molecule has 1 rings (SSSR count). The summed E-state index contributed by atoms with van der Waals surface area (Å²) in [5.41, 5.74) is 2.64. The van der Waals surface area contributed by atoms with Crippen LogP contribution in [0.15, 0.2) is 34.0 Å². The predicted molar refractivity (Wildman–Crippen MR) is 88.6 cm³/mol. The Balaban J connectivity index is 3.46. The topological polar surface area (TPSA) is 43.4 Å². The minimum absolute atomic E-state index is 0.190. The average molecular weight is 312 g/mol. The summed E-state index contributed by atoms with van der Waals surface area (Å²) in [6, 6.07) is 0. The van der Waals surface area contributed by atoms with Gasteiger partial charge in [0.05, 0.1) is 4.91 Å². The zero-order valence-electron chi connectivity index (χ0n) is 14.3. The molecule has 1 heterocycles. The van der Waals surface area contributed by atoms with E-state index in [0.717, 1.165) is 35.3 Å². The van der Waals surface area contributed by atoms with Gasteiger partial charge in [0.15, 0.2) is 9.84 Å². The molecule has 0 aromatic carbocycles. The highest BCUT2D eigenvalue weighted by molar-refractivity contribution is 7.94. The first-order valence-electron chi connectivity index (χ1n) is 7.36. The quantitative estimate of drug-likeness (QED) is 0.776. The van der Waals surface area contributed by atoms with Crippen LogP contribution in [0, 0.1) is 5.92 Å². The highest BCUT2D eigenvalue weighted by atomic mass is 32.2. The van der Waals surface area contributed by atoms with Crippen LogP contribution in [-0.2, 0) is 14.6 Å². The highest BCUT2D eigenvalue weighted by Crippen LogP contribution is 2.40. The summed E-state index contributed by atoms with van der Waals surface area (Å²) in [5.74, 6) is 1.20. The fourth-order valence-corrected chi connectivity index (χ4v) is 2.99. The van der Waals surface area contributed by atoms with Gasteiger partial charge in [0.25, 0.3) is 0 Å². The molecule has 1 fully saturated rings. The predicted octanol–water partition coefficient (Wildman–Crippen LogP) is 4.38. The minimum Gasteiger partial charge on any atom is -0.488 e. The maximum atomic E-state index is 11.8. The Kier molecular flexibility index (Phi) is 5.14. The van der Waals surface area contributed by atoms with Crippen molar-refractivity contribution in [3.8, 4) is 0 Å². The number of hydrogen-bond acceptors (Lipinski definition) is 3. The average Bonchev–Trinajstić information content (AvgIpc) is 2.33. The third-order valence-electron chi connectivity index (χ3n) is 4.17. The van der Waals surface area contributed by atoms with Gasteiger partial charge in [-0.2, -0.15) is 0 Å². The molecule has 0 aliphatic carbocycles. The van der Waals surface area contributed by atoms with Crippen molar-refractivity contribution in [2.75, 3.05) is 6.26 Å². The van der Waals surface area contributed by atoms with Crippen molar-refractivity contribution in [1.82, 2.24) is 0 Å². The fraction of sp³-hybridized carbons (Fsp3) is 0.647. The van der Waals surface area contributed by atoms with Crippen molar-refractivity contribution in [1.29, 1.82) is 0 Å². The third-order valence-corrected chi connectivity index (χ3v) is 5.37. The van der Waals surface area contributed by atoms with Gasteiger partial charge in [0.1, 0.15) is 11.4 Å². The van der Waals surface area contributed by atoms with Gasteiger partial charge < -0.3 is 4.74 Å². The zero-order valence-corrected chi connectivity index (χ0v) is 15.1. The number of allylic oxidation sites excluding steroid dienone is 3. The summed E-state index contributed by atoms with van der Waals surface area (Å²) < 4.78 is 29.7. The molecule has 4 heteroatoms. The largest absolute Gasteiger partial charge is 0.488 e. The summed E-state index contributed by atoms with van der Waals surface area (Å²) in [4.78, 5) is 0.190. The second-order valence-electron chi connectivity index (χ2n) is 6.83. The van der Waals surface area contributed by atoms with E-state index in [1.807, 2.05) is 6.92 Å². The van der Waals surface area contributed by atoms with Crippen molar-refractivity contribution >= 4 is 9.84 Å². The van der Waals surface area contributed by atoms with Crippen molar-refractivity contribution in [3.05, 3.63) is 34.0 Å². The second kappa shape index (κ2) is 5.99. The lowest BCUT2D eigenvalue weighted by atomic mass is 9.87. The van der Waals surface area contributed by atoms with E-state index in [1.165, 1.54) is 6.26 Å². The number of rotatable bonds is 3. The maximum absolute atomic E-state index is 11.8. The number of ether oxygens (including phenoxy) is 1. The molecule has 120 valence electrons. The SMILES string of the molecule is C=C(/C(C)=C1/CCC(C)(C)O/C1=C(\C)C(C)C)S(C)(=O)=O. The van der Waals surface area contributed by atoms with Crippen LogP contribution in [0.25, 0.3) is 0 Å². The van der Waals surface area contributed by atoms with Gasteiger partial charge in [-0.1, -0.05) is 20.4 Å². The van der Waals surface area contributed by atoms with E-state index in [2.05, 4.69) is 41.2 Å². The normalized spacial score (nSPS) is 23.6. The maximum Gasteiger partial charge on any atom is 0.175 e. The molecular formula is C17H28O3S. The molecule has 0 saturated carbocycles. The number of sulfone groups is 1. The van der Waals surface area contributed by atoms with Gasteiger partial charge in [-0.05, 0) is 63.2 Å². The molecule has 1 saturated heterocycles. The van der Waals surface area contributed by atoms with E-state index in [0.29, 0.717) is 5.92 Å². The Hall–Kier alpha value is -1.03. The molecule has 0 N–H and O–H groups in total. The van der Waals surface area contributed by atoms with Crippen LogP contribution in [0.5, 0.6) is 0 Å². The van der Waals surface area contributed by atoms with E-state index in [-0.39, 0.29) is 10.5 Å². The molecule has 3 nitrogen and oxygen atoms in total. The molecule has 0 amide bonds. The van der Waals surface area contributed by atoms with E-state index >= 15 is 0 Å². The Morgan fingerprint density at radius 2 is 1.81 bits per heavy atom.